The Morgan fingerprint density at radius 2 is 1.93 bits per heavy atom. The molecule has 5 heteroatoms. The molecule has 2 N–H and O–H groups in total. The molecule has 0 aliphatic carbocycles. The number of aliphatic hydroxyl groups excluding tert-OH is 1. The molecule has 0 unspecified atom stereocenters. The largest absolute Gasteiger partial charge is 0.466 e. The smallest absolute Gasteiger partial charge is 0.428 e. The second kappa shape index (κ2) is 9.49. The van der Waals surface area contributed by atoms with Crippen LogP contribution in [0.25, 0.3) is 0 Å². The minimum atomic E-state index is -0.641. The van der Waals surface area contributed by atoms with Crippen molar-refractivity contribution in [1.29, 1.82) is 0 Å². The Hall–Kier alpha value is -1.07. The second-order valence-corrected chi connectivity index (χ2v) is 2.53. The Kier molecular flexibility index (Phi) is 10.4. The molecule has 0 radical (unpaired) electrons. The third-order valence-electron chi connectivity index (χ3n) is 1.74. The number of rotatable bonds is 1. The first kappa shape index (κ1) is 16.4. The van der Waals surface area contributed by atoms with Crippen molar-refractivity contribution >= 4 is 13.3 Å². The topological polar surface area (TPSA) is 56.1 Å². The second-order valence-electron chi connectivity index (χ2n) is 2.53. The van der Waals surface area contributed by atoms with E-state index in [1.165, 1.54) is 4.92 Å². The summed E-state index contributed by atoms with van der Waals surface area (Å²) in [5.74, 6) is 0. The summed E-state index contributed by atoms with van der Waals surface area (Å²) in [6, 6.07) is 0. The molecule has 0 saturated carbocycles. The number of hydrazone groups is 1. The molecule has 0 bridgehead atoms. The molecule has 0 aromatic carbocycles. The highest BCUT2D eigenvalue weighted by molar-refractivity contribution is 6.58. The Bertz CT molecular complexity index is 240. The Morgan fingerprint density at radius 3 is 2.27 bits per heavy atom. The highest BCUT2D eigenvalue weighted by atomic mass is 16.2. The van der Waals surface area contributed by atoms with Crippen molar-refractivity contribution in [2.45, 2.75) is 20.8 Å². The van der Waals surface area contributed by atoms with E-state index in [9.17, 15) is 5.02 Å². The summed E-state index contributed by atoms with van der Waals surface area (Å²) in [4.78, 5) is 1.49. The van der Waals surface area contributed by atoms with Crippen LogP contribution in [0.3, 0.4) is 0 Å². The number of allylic oxidation sites excluding steroid dienone is 3. The van der Waals surface area contributed by atoms with Gasteiger partial charge in [-0.15, -0.1) is 0 Å². The molecule has 1 aliphatic rings. The first-order chi connectivity index (χ1) is 7.16. The lowest BCUT2D eigenvalue weighted by Crippen LogP contribution is -2.37. The monoisotopic (exact) mass is 212 g/mol. The van der Waals surface area contributed by atoms with Crippen molar-refractivity contribution in [3.63, 3.8) is 0 Å². The lowest BCUT2D eigenvalue weighted by atomic mass is 9.69. The molecule has 0 amide bonds. The van der Waals surface area contributed by atoms with Gasteiger partial charge in [-0.1, -0.05) is 26.5 Å². The van der Waals surface area contributed by atoms with Gasteiger partial charge in [0.15, 0.2) is 0 Å². The Morgan fingerprint density at radius 1 is 1.47 bits per heavy atom. The molecular formula is C10H21BN2O2. The minimum Gasteiger partial charge on any atom is -0.428 e. The predicted octanol–water partition coefficient (Wildman–Crippen LogP) is 1.07. The molecule has 0 atom stereocenters. The van der Waals surface area contributed by atoms with Crippen molar-refractivity contribution < 1.29 is 10.1 Å². The van der Waals surface area contributed by atoms with E-state index in [0.29, 0.717) is 0 Å². The number of hydrogen-bond donors (Lipinski definition) is 2. The van der Waals surface area contributed by atoms with Crippen LogP contribution >= 0.6 is 0 Å². The molecule has 0 fully saturated rings. The number of hydrogen-bond acceptors (Lipinski definition) is 4. The fourth-order valence-electron chi connectivity index (χ4n) is 0.987. The summed E-state index contributed by atoms with van der Waals surface area (Å²) in [6.45, 7) is 9.51. The minimum absolute atomic E-state index is 0.641. The fraction of sp³-hybridized carbons (Fsp3) is 0.500. The quantitative estimate of drug-likeness (QED) is 0.639. The maximum atomic E-state index is 9.49. The van der Waals surface area contributed by atoms with Crippen molar-refractivity contribution in [3.05, 3.63) is 23.7 Å². The summed E-state index contributed by atoms with van der Waals surface area (Å²) in [7, 11) is 2.08. The first-order valence-electron chi connectivity index (χ1n) is 4.89. The van der Waals surface area contributed by atoms with Gasteiger partial charge in [-0.3, -0.25) is 0 Å². The zero-order valence-corrected chi connectivity index (χ0v) is 10.2. The molecule has 15 heavy (non-hydrogen) atoms. The average molecular weight is 212 g/mol. The van der Waals surface area contributed by atoms with Crippen LogP contribution in [0.4, 0.5) is 0 Å². The molecule has 0 saturated heterocycles. The van der Waals surface area contributed by atoms with Gasteiger partial charge in [-0.05, 0) is 18.0 Å². The maximum Gasteiger partial charge on any atom is 0.466 e. The van der Waals surface area contributed by atoms with Gasteiger partial charge in [-0.2, -0.15) is 5.10 Å². The van der Waals surface area contributed by atoms with Crippen LogP contribution in [0.15, 0.2) is 28.8 Å². The van der Waals surface area contributed by atoms with Gasteiger partial charge in [-0.25, -0.2) is 0 Å². The molecule has 1 rings (SSSR count). The van der Waals surface area contributed by atoms with Crippen molar-refractivity contribution in [2.24, 2.45) is 5.10 Å². The van der Waals surface area contributed by atoms with E-state index in [1.54, 1.807) is 19.3 Å². The van der Waals surface area contributed by atoms with Gasteiger partial charge in [0.25, 0.3) is 0 Å². The Labute approximate surface area is 92.7 Å². The molecule has 4 nitrogen and oxygen atoms in total. The normalized spacial score (nSPS) is 13.8. The van der Waals surface area contributed by atoms with Gasteiger partial charge in [0.05, 0.1) is 0 Å². The molecule has 0 aromatic heterocycles. The van der Waals surface area contributed by atoms with E-state index in [4.69, 9.17) is 5.11 Å². The lowest BCUT2D eigenvalue weighted by molar-refractivity contribution is 0.399. The molecular weight excluding hydrogens is 191 g/mol. The number of aliphatic hydroxyl groups is 1. The summed E-state index contributed by atoms with van der Waals surface area (Å²) in [5, 5.41) is 20.4. The van der Waals surface area contributed by atoms with Crippen LogP contribution in [-0.4, -0.2) is 42.5 Å². The van der Waals surface area contributed by atoms with Crippen molar-refractivity contribution in [1.82, 2.24) is 4.92 Å². The summed E-state index contributed by atoms with van der Waals surface area (Å²) in [6.07, 6.45) is 3.37. The fourth-order valence-corrected chi connectivity index (χ4v) is 0.987. The molecule has 0 aromatic rings. The van der Waals surface area contributed by atoms with Gasteiger partial charge in [0.1, 0.15) is 0 Å². The van der Waals surface area contributed by atoms with Crippen LogP contribution in [0.2, 0.25) is 0 Å². The van der Waals surface area contributed by atoms with Crippen LogP contribution < -0.4 is 0 Å². The van der Waals surface area contributed by atoms with E-state index in [1.807, 2.05) is 20.8 Å². The third kappa shape index (κ3) is 4.81. The number of nitrogens with zero attached hydrogens (tertiary/aromatic N) is 2. The molecule has 86 valence electrons. The van der Waals surface area contributed by atoms with Crippen molar-refractivity contribution in [2.75, 3.05) is 14.2 Å². The summed E-state index contributed by atoms with van der Waals surface area (Å²) < 4.78 is 0. The van der Waals surface area contributed by atoms with Crippen LogP contribution in [0, 0.1) is 0 Å². The van der Waals surface area contributed by atoms with Crippen LogP contribution in [0.5, 0.6) is 0 Å². The van der Waals surface area contributed by atoms with E-state index in [0.717, 1.165) is 18.2 Å². The van der Waals surface area contributed by atoms with E-state index < -0.39 is 7.05 Å². The van der Waals surface area contributed by atoms with Crippen LogP contribution in [-0.2, 0) is 0 Å². The van der Waals surface area contributed by atoms with E-state index >= 15 is 0 Å². The van der Waals surface area contributed by atoms with E-state index in [-0.39, 0.29) is 0 Å². The molecule has 0 spiro atoms. The van der Waals surface area contributed by atoms with Gasteiger partial charge >= 0.3 is 7.05 Å². The van der Waals surface area contributed by atoms with Gasteiger partial charge in [0.2, 0.25) is 0 Å². The van der Waals surface area contributed by atoms with Crippen molar-refractivity contribution in [3.8, 4) is 0 Å². The first-order valence-corrected chi connectivity index (χ1v) is 4.89. The lowest BCUT2D eigenvalue weighted by Gasteiger charge is -2.22. The van der Waals surface area contributed by atoms with Crippen LogP contribution in [0.1, 0.15) is 20.8 Å². The zero-order valence-electron chi connectivity index (χ0n) is 10.2. The highest BCUT2D eigenvalue weighted by Crippen LogP contribution is 2.13. The van der Waals surface area contributed by atoms with E-state index in [2.05, 4.69) is 11.7 Å². The molecule has 1 aliphatic heterocycles. The zero-order chi connectivity index (χ0) is 12.4. The summed E-state index contributed by atoms with van der Waals surface area (Å²) >= 11 is 0. The maximum absolute atomic E-state index is 9.49. The standard InChI is InChI=1S/C7H11BN2O.C2H6.CH4O/c1-4-7-6(2)5-9-10(3)8(7)11;2*1-2/h4-5,11H,1H2,2-3H3;1-2H3;2H,1H3. The molecule has 1 heterocycles. The highest BCUT2D eigenvalue weighted by Gasteiger charge is 2.24. The van der Waals surface area contributed by atoms with Gasteiger partial charge < -0.3 is 15.1 Å². The Balaban J connectivity index is 0. The average Bonchev–Trinajstić information content (AvgIpc) is 2.30. The third-order valence-corrected chi connectivity index (χ3v) is 1.74. The predicted molar refractivity (Wildman–Crippen MR) is 66.6 cm³/mol. The van der Waals surface area contributed by atoms with Gasteiger partial charge in [0, 0.05) is 20.4 Å². The SMILES string of the molecule is C=CC1=C(C)C=NN(C)B1O.CC.CO. The summed E-state index contributed by atoms with van der Waals surface area (Å²) in [5.41, 5.74) is 1.79.